The van der Waals surface area contributed by atoms with Crippen molar-refractivity contribution in [2.75, 3.05) is 18.9 Å². The van der Waals surface area contributed by atoms with Gasteiger partial charge in [0.05, 0.1) is 0 Å². The molecule has 0 saturated carbocycles. The van der Waals surface area contributed by atoms with Gasteiger partial charge in [0.25, 0.3) is 0 Å². The van der Waals surface area contributed by atoms with E-state index in [1.165, 1.54) is 21.7 Å². The van der Waals surface area contributed by atoms with Gasteiger partial charge < -0.3 is 0 Å². The van der Waals surface area contributed by atoms with Crippen LogP contribution in [-0.2, 0) is 0 Å². The second-order valence-corrected chi connectivity index (χ2v) is 9.92. The van der Waals surface area contributed by atoms with Crippen molar-refractivity contribution in [2.24, 2.45) is 0 Å². The fourth-order valence-corrected chi connectivity index (χ4v) is 5.94. The molecule has 1 aromatic rings. The minimum atomic E-state index is -1.11. The van der Waals surface area contributed by atoms with Crippen molar-refractivity contribution >= 4 is 36.9 Å². The van der Waals surface area contributed by atoms with E-state index in [1.54, 1.807) is 0 Å². The van der Waals surface area contributed by atoms with Gasteiger partial charge in [0.15, 0.2) is 6.78 Å². The zero-order valence-corrected chi connectivity index (χ0v) is 13.8. The molecule has 16 heavy (non-hydrogen) atoms. The molecule has 0 fully saturated rings. The first kappa shape index (κ1) is 14.8. The second kappa shape index (κ2) is 5.57. The van der Waals surface area contributed by atoms with E-state index >= 15 is 0 Å². The van der Waals surface area contributed by atoms with Gasteiger partial charge in [0, 0.05) is 14.1 Å². The third-order valence-corrected chi connectivity index (χ3v) is 8.16. The van der Waals surface area contributed by atoms with Crippen LogP contribution in [0.1, 0.15) is 21.7 Å². The normalized spacial score (nSPS) is 12.2. The maximum atomic E-state index is 5.96. The van der Waals surface area contributed by atoms with Crippen molar-refractivity contribution in [3.05, 3.63) is 21.7 Å². The highest BCUT2D eigenvalue weighted by Crippen LogP contribution is 2.54. The van der Waals surface area contributed by atoms with Crippen LogP contribution in [0.4, 0.5) is 0 Å². The molecule has 0 unspecified atom stereocenters. The van der Waals surface area contributed by atoms with Gasteiger partial charge in [-0.2, -0.15) is 9.56 Å². The van der Waals surface area contributed by atoms with Crippen LogP contribution in [0.15, 0.2) is 0 Å². The van der Waals surface area contributed by atoms with Crippen molar-refractivity contribution in [2.45, 2.75) is 27.7 Å². The van der Waals surface area contributed by atoms with E-state index in [2.05, 4.69) is 39.5 Å². The van der Waals surface area contributed by atoms with Crippen LogP contribution < -0.4 is 4.78 Å². The number of rotatable bonds is 3. The fourth-order valence-electron chi connectivity index (χ4n) is 1.77. The second-order valence-electron chi connectivity index (χ2n) is 3.93. The molecule has 0 aliphatic rings. The van der Waals surface area contributed by atoms with E-state index in [4.69, 9.17) is 22.5 Å². The molecule has 0 bridgehead atoms. The van der Waals surface area contributed by atoms with Crippen LogP contribution in [0.2, 0.25) is 0 Å². The van der Waals surface area contributed by atoms with Crippen molar-refractivity contribution in [1.29, 1.82) is 0 Å². The molecule has 6 heteroatoms. The minimum absolute atomic E-state index is 0.413. The molecule has 2 nitrogen and oxygen atoms in total. The molecule has 0 aliphatic carbocycles. The highest BCUT2D eigenvalue weighted by Gasteiger charge is 2.21. The first-order chi connectivity index (χ1) is 7.29. The predicted molar refractivity (Wildman–Crippen MR) is 78.6 cm³/mol. The smallest absolute Gasteiger partial charge is 0.174 e. The van der Waals surface area contributed by atoms with Gasteiger partial charge in [-0.25, -0.2) is 0 Å². The minimum Gasteiger partial charge on any atom is -0.194 e. The Kier molecular flexibility index (Phi) is 5.14. The fraction of sp³-hybridized carbons (Fsp3) is 0.600. The summed E-state index contributed by atoms with van der Waals surface area (Å²) < 4.78 is 4.12. The molecule has 0 spiro atoms. The first-order valence-electron chi connectivity index (χ1n) is 5.03. The molecule has 0 aromatic carbocycles. The lowest BCUT2D eigenvalue weighted by molar-refractivity contribution is 0.585. The van der Waals surface area contributed by atoms with Crippen molar-refractivity contribution in [3.63, 3.8) is 0 Å². The summed E-state index contributed by atoms with van der Waals surface area (Å²) in [6, 6.07) is 0. The Morgan fingerprint density at radius 3 is 1.62 bits per heavy atom. The molecule has 1 heterocycles. The van der Waals surface area contributed by atoms with Crippen LogP contribution in [0.3, 0.4) is 0 Å². The van der Waals surface area contributed by atoms with E-state index in [-0.39, 0.29) is 0 Å². The summed E-state index contributed by atoms with van der Waals surface area (Å²) in [5, 5.41) is 2.90. The van der Waals surface area contributed by atoms with Gasteiger partial charge in [-0.1, -0.05) is 22.5 Å². The summed E-state index contributed by atoms with van der Waals surface area (Å²) in [5.74, 6) is 0. The first-order valence-corrected chi connectivity index (χ1v) is 9.43. The maximum Gasteiger partial charge on any atom is 0.174 e. The summed E-state index contributed by atoms with van der Waals surface area (Å²) in [6.07, 6.45) is 0. The summed E-state index contributed by atoms with van der Waals surface area (Å²) in [5.41, 5.74) is 2.83. The van der Waals surface area contributed by atoms with Gasteiger partial charge in [0.1, 0.15) is 0 Å². The molecular weight excluding hydrogens is 281 g/mol. The van der Waals surface area contributed by atoms with E-state index in [1.807, 2.05) is 11.8 Å². The lowest BCUT2D eigenvalue weighted by Crippen LogP contribution is -2.28. The Balaban J connectivity index is 3.19. The van der Waals surface area contributed by atoms with E-state index < -0.39 is 14.5 Å². The lowest BCUT2D eigenvalue weighted by atomic mass is 10.2. The zero-order chi connectivity index (χ0) is 12.6. The molecule has 0 atom stereocenters. The summed E-state index contributed by atoms with van der Waals surface area (Å²) in [6.45, 7) is 7.68. The Hall–Kier alpha value is 0.710. The van der Waals surface area contributed by atoms with Gasteiger partial charge in [-0.3, -0.25) is 0 Å². The highest BCUT2D eigenvalue weighted by molar-refractivity contribution is 8.02. The van der Waals surface area contributed by atoms with Crippen LogP contribution in [0.25, 0.3) is 0 Å². The van der Waals surface area contributed by atoms with E-state index in [0.29, 0.717) is 0 Å². The van der Waals surface area contributed by atoms with E-state index in [9.17, 15) is 0 Å². The Morgan fingerprint density at radius 1 is 0.938 bits per heavy atom. The van der Waals surface area contributed by atoms with Gasteiger partial charge in [0.2, 0.25) is 0 Å². The Labute approximate surface area is 110 Å². The summed E-state index contributed by atoms with van der Waals surface area (Å²) in [7, 11) is 3.59. The van der Waals surface area contributed by atoms with Crippen LogP contribution in [0, 0.1) is 27.7 Å². The Morgan fingerprint density at radius 2 is 1.31 bits per heavy atom. The summed E-state index contributed by atoms with van der Waals surface area (Å²) >= 11 is 11.9. The summed E-state index contributed by atoms with van der Waals surface area (Å²) in [4.78, 5) is 0. The molecule has 0 radical (unpaired) electrons. The molecule has 1 rings (SSSR count). The Bertz CT molecular complexity index is 365. The third-order valence-electron chi connectivity index (χ3n) is 3.21. The quantitative estimate of drug-likeness (QED) is 0.571. The molecule has 0 amide bonds. The van der Waals surface area contributed by atoms with Gasteiger partial charge in [-0.15, -0.1) is 0 Å². The van der Waals surface area contributed by atoms with Gasteiger partial charge in [-0.05, 0) is 57.1 Å². The van der Waals surface area contributed by atoms with Crippen molar-refractivity contribution in [1.82, 2.24) is 4.78 Å². The van der Waals surface area contributed by atoms with Crippen LogP contribution in [-0.4, -0.2) is 18.9 Å². The van der Waals surface area contributed by atoms with Crippen molar-refractivity contribution in [3.8, 4) is 0 Å². The molecular formula is C10H18Cl2N2P2. The van der Waals surface area contributed by atoms with Gasteiger partial charge >= 0.3 is 0 Å². The molecule has 1 aromatic heterocycles. The topological polar surface area (TPSA) is 6.48 Å². The largest absolute Gasteiger partial charge is 0.194 e. The van der Waals surface area contributed by atoms with E-state index in [0.717, 1.165) is 0 Å². The average Bonchev–Trinajstić information content (AvgIpc) is 2.41. The molecule has 0 aliphatic heterocycles. The predicted octanol–water partition coefficient (Wildman–Crippen LogP) is 5.03. The number of hydrogen-bond acceptors (Lipinski definition) is 2. The number of halogens is 2. The number of hydrazine groups is 1. The lowest BCUT2D eigenvalue weighted by Gasteiger charge is -2.29. The average molecular weight is 299 g/mol. The third kappa shape index (κ3) is 2.58. The number of nitrogens with zero attached hydrogens (tertiary/aromatic N) is 2. The SMILES string of the molecule is Cc1c(C)c(C)p(N(C)N(C)P(Cl)Cl)c1C. The standard InChI is InChI=1S/C10H18Cl2N2P2/c1-7-8(2)10(4)15(9(7)3)13(5)14(6)16(11)12/h1-6H3. The monoisotopic (exact) mass is 298 g/mol. The molecule has 92 valence electrons. The van der Waals surface area contributed by atoms with Crippen molar-refractivity contribution < 1.29 is 0 Å². The molecule has 0 saturated heterocycles. The zero-order valence-electron chi connectivity index (χ0n) is 10.5. The van der Waals surface area contributed by atoms with Crippen LogP contribution in [0.5, 0.6) is 0 Å². The highest BCUT2D eigenvalue weighted by atomic mass is 35.9. The molecule has 0 N–H and O–H groups in total. The number of hydrogen-bond donors (Lipinski definition) is 0. The maximum absolute atomic E-state index is 5.96. The van der Waals surface area contributed by atoms with Crippen LogP contribution >= 0.6 is 36.9 Å².